The van der Waals surface area contributed by atoms with E-state index in [1.165, 1.54) is 15.6 Å². The molecule has 2 radical (unpaired) electrons. The van der Waals surface area contributed by atoms with Crippen molar-refractivity contribution >= 4 is 38.1 Å². The largest absolute Gasteiger partial charge is 0.312 e. The van der Waals surface area contributed by atoms with Crippen LogP contribution in [0.1, 0.15) is 41.5 Å². The zero-order valence-electron chi connectivity index (χ0n) is 19.0. The van der Waals surface area contributed by atoms with Crippen molar-refractivity contribution in [1.29, 1.82) is 0 Å². The fourth-order valence-corrected chi connectivity index (χ4v) is 6.49. The Hall–Kier alpha value is -2.71. The second-order valence-electron chi connectivity index (χ2n) is 8.22. The van der Waals surface area contributed by atoms with Gasteiger partial charge in [0.15, 0.2) is 5.13 Å². The van der Waals surface area contributed by atoms with Gasteiger partial charge in [-0.3, -0.25) is 4.79 Å². The lowest BCUT2D eigenvalue weighted by Crippen LogP contribution is -2.33. The molecule has 0 bridgehead atoms. The van der Waals surface area contributed by atoms with E-state index < -0.39 is 10.0 Å². The molecule has 0 unspecified atom stereocenters. The quantitative estimate of drug-likeness (QED) is 0.465. The van der Waals surface area contributed by atoms with E-state index >= 15 is 0 Å². The van der Waals surface area contributed by atoms with Crippen LogP contribution in [0.25, 0.3) is 0 Å². The summed E-state index contributed by atoms with van der Waals surface area (Å²) in [6, 6.07) is 13.7. The van der Waals surface area contributed by atoms with E-state index in [1.807, 2.05) is 32.9 Å². The highest BCUT2D eigenvalue weighted by Gasteiger charge is 2.40. The molecule has 172 valence electrons. The molecule has 0 saturated heterocycles. The van der Waals surface area contributed by atoms with Gasteiger partial charge in [0.25, 0.3) is 10.0 Å². The number of aryl methyl sites for hydroxylation is 2. The summed E-state index contributed by atoms with van der Waals surface area (Å²) in [5.41, 5.74) is 3.03. The zero-order chi connectivity index (χ0) is 23.8. The van der Waals surface area contributed by atoms with Crippen molar-refractivity contribution in [2.24, 2.45) is 0 Å². The molecule has 8 heteroatoms. The van der Waals surface area contributed by atoms with Crippen LogP contribution >= 0.6 is 11.3 Å². The summed E-state index contributed by atoms with van der Waals surface area (Å²) in [5.74, 6) is -0.0637. The van der Waals surface area contributed by atoms with Gasteiger partial charge in [0.1, 0.15) is 0 Å². The number of thiazole rings is 1. The Labute approximate surface area is 199 Å². The van der Waals surface area contributed by atoms with E-state index in [4.69, 9.17) is 6.92 Å². The van der Waals surface area contributed by atoms with Crippen LogP contribution in [0.15, 0.2) is 53.4 Å². The number of hydrogen-bond acceptors (Lipinski definition) is 5. The molecule has 0 N–H and O–H groups in total. The van der Waals surface area contributed by atoms with Crippen LogP contribution in [0.5, 0.6) is 0 Å². The van der Waals surface area contributed by atoms with Crippen molar-refractivity contribution in [3.63, 3.8) is 0 Å². The van der Waals surface area contributed by atoms with Gasteiger partial charge < -0.3 is 4.90 Å². The van der Waals surface area contributed by atoms with E-state index in [2.05, 4.69) is 4.98 Å². The number of carbonyl (C=O) groups excluding carboxylic acids is 1. The molecule has 2 aromatic carbocycles. The zero-order valence-corrected chi connectivity index (χ0v) is 20.6. The average Bonchev–Trinajstić information content (AvgIpc) is 3.54. The van der Waals surface area contributed by atoms with Crippen LogP contribution in [-0.4, -0.2) is 31.9 Å². The highest BCUT2D eigenvalue weighted by molar-refractivity contribution is 7.93. The molecule has 1 fully saturated rings. The lowest BCUT2D eigenvalue weighted by Gasteiger charge is -2.22. The summed E-state index contributed by atoms with van der Waals surface area (Å²) in [7, 11) is -3.73. The maximum atomic E-state index is 13.4. The van der Waals surface area contributed by atoms with Crippen molar-refractivity contribution < 1.29 is 13.2 Å². The highest BCUT2D eigenvalue weighted by Crippen LogP contribution is 2.39. The van der Waals surface area contributed by atoms with Crippen LogP contribution in [0.4, 0.5) is 10.8 Å². The predicted molar refractivity (Wildman–Crippen MR) is 132 cm³/mol. The molecule has 3 aromatic rings. The molecule has 1 amide bonds. The standard InChI is InChI=1S/C25H27N3O3S2/c1-5-27(21-10-6-17(2)7-11-21)24(29)16-20-8-14-23(15-9-20)33(30,31)28(22-12-13-22)25-26-18(3)19(4)32-25/h2,6-11,14-15,22H,5,12-13,16H2,1,3-4H3. The Balaban J connectivity index is 1.53. The van der Waals surface area contributed by atoms with E-state index in [1.54, 1.807) is 41.3 Å². The smallest absolute Gasteiger partial charge is 0.266 e. The Morgan fingerprint density at radius 3 is 2.24 bits per heavy atom. The third kappa shape index (κ3) is 4.96. The molecule has 0 atom stereocenters. The third-order valence-electron chi connectivity index (χ3n) is 5.74. The molecular formula is C25H27N3O3S2. The summed E-state index contributed by atoms with van der Waals surface area (Å²) in [5, 5.41) is 0.522. The van der Waals surface area contributed by atoms with E-state index in [9.17, 15) is 13.2 Å². The van der Waals surface area contributed by atoms with Gasteiger partial charge >= 0.3 is 0 Å². The first-order chi connectivity index (χ1) is 15.7. The number of aromatic nitrogens is 1. The average molecular weight is 482 g/mol. The maximum Gasteiger partial charge on any atom is 0.266 e. The lowest BCUT2D eigenvalue weighted by molar-refractivity contribution is -0.117. The van der Waals surface area contributed by atoms with Gasteiger partial charge in [-0.05, 0) is 75.9 Å². The normalized spacial score (nSPS) is 13.7. The fourth-order valence-electron chi connectivity index (χ4n) is 3.63. The van der Waals surface area contributed by atoms with Crippen molar-refractivity contribution in [2.75, 3.05) is 15.7 Å². The lowest BCUT2D eigenvalue weighted by atomic mass is 10.1. The molecule has 0 spiro atoms. The second kappa shape index (κ2) is 9.27. The van der Waals surface area contributed by atoms with Crippen molar-refractivity contribution in [3.05, 3.63) is 77.2 Å². The minimum absolute atomic E-state index is 0.0424. The summed E-state index contributed by atoms with van der Waals surface area (Å²) in [6.07, 6.45) is 1.85. The Kier molecular flexibility index (Phi) is 6.59. The van der Waals surface area contributed by atoms with E-state index in [0.717, 1.165) is 34.7 Å². The third-order valence-corrected chi connectivity index (χ3v) is 8.79. The van der Waals surface area contributed by atoms with E-state index in [-0.39, 0.29) is 23.3 Å². The van der Waals surface area contributed by atoms with E-state index in [0.29, 0.717) is 17.2 Å². The molecule has 1 aromatic heterocycles. The molecule has 33 heavy (non-hydrogen) atoms. The number of carbonyl (C=O) groups is 1. The summed E-state index contributed by atoms with van der Waals surface area (Å²) < 4.78 is 28.4. The molecule has 4 rings (SSSR count). The summed E-state index contributed by atoms with van der Waals surface area (Å²) in [4.78, 5) is 20.3. The van der Waals surface area contributed by atoms with Gasteiger partial charge in [-0.15, -0.1) is 11.3 Å². The number of amides is 1. The molecule has 0 aliphatic heterocycles. The predicted octanol–water partition coefficient (Wildman–Crippen LogP) is 4.77. The molecule has 1 aliphatic carbocycles. The first-order valence-corrected chi connectivity index (χ1v) is 13.2. The SMILES string of the molecule is [CH]c1ccc(N(CC)C(=O)Cc2ccc(S(=O)(=O)N(c3nc(C)c(C)s3)C3CC3)cc2)cc1. The Bertz CT molecular complexity index is 1230. The van der Waals surface area contributed by atoms with Crippen molar-refractivity contribution in [1.82, 2.24) is 4.98 Å². The van der Waals surface area contributed by atoms with Gasteiger partial charge in [0.05, 0.1) is 17.0 Å². The second-order valence-corrected chi connectivity index (χ2v) is 11.2. The highest BCUT2D eigenvalue weighted by atomic mass is 32.2. The number of anilines is 2. The number of rotatable bonds is 8. The van der Waals surface area contributed by atoms with Crippen molar-refractivity contribution in [3.8, 4) is 0 Å². The number of benzene rings is 2. The van der Waals surface area contributed by atoms with Crippen LogP contribution in [0.2, 0.25) is 0 Å². The van der Waals surface area contributed by atoms with Gasteiger partial charge in [0.2, 0.25) is 5.91 Å². The van der Waals surface area contributed by atoms with Gasteiger partial charge in [-0.2, -0.15) is 0 Å². The van der Waals surface area contributed by atoms with Gasteiger partial charge in [-0.1, -0.05) is 24.3 Å². The molecule has 1 saturated carbocycles. The van der Waals surface area contributed by atoms with Crippen molar-refractivity contribution in [2.45, 2.75) is 51.0 Å². The summed E-state index contributed by atoms with van der Waals surface area (Å²) in [6.45, 7) is 12.0. The summed E-state index contributed by atoms with van der Waals surface area (Å²) >= 11 is 1.41. The number of hydrogen-bond donors (Lipinski definition) is 0. The number of likely N-dealkylation sites (N-methyl/N-ethyl adjacent to an activating group) is 1. The minimum atomic E-state index is -3.73. The van der Waals surface area contributed by atoms with Gasteiger partial charge in [0, 0.05) is 23.2 Å². The Morgan fingerprint density at radius 2 is 1.73 bits per heavy atom. The topological polar surface area (TPSA) is 70.6 Å². The molecule has 6 nitrogen and oxygen atoms in total. The maximum absolute atomic E-state index is 13.4. The Morgan fingerprint density at radius 1 is 1.09 bits per heavy atom. The first-order valence-electron chi connectivity index (χ1n) is 10.9. The molecular weight excluding hydrogens is 454 g/mol. The monoisotopic (exact) mass is 481 g/mol. The fraction of sp³-hybridized carbons (Fsp3) is 0.320. The minimum Gasteiger partial charge on any atom is -0.312 e. The molecule has 1 aliphatic rings. The molecule has 1 heterocycles. The number of sulfonamides is 1. The number of nitrogens with zero attached hydrogens (tertiary/aromatic N) is 3. The van der Waals surface area contributed by atoms with Crippen LogP contribution < -0.4 is 9.21 Å². The van der Waals surface area contributed by atoms with Gasteiger partial charge in [-0.25, -0.2) is 17.7 Å². The van der Waals surface area contributed by atoms with Crippen LogP contribution in [0, 0.1) is 20.8 Å². The van der Waals surface area contributed by atoms with Crippen LogP contribution in [0.3, 0.4) is 0 Å². The van der Waals surface area contributed by atoms with Crippen LogP contribution in [-0.2, 0) is 21.2 Å². The first kappa shape index (κ1) is 23.4.